The van der Waals surface area contributed by atoms with E-state index in [0.29, 0.717) is 40.3 Å². The van der Waals surface area contributed by atoms with Crippen LogP contribution in [-0.4, -0.2) is 60.2 Å². The number of nitrogens with zero attached hydrogens (tertiary/aromatic N) is 5. The lowest BCUT2D eigenvalue weighted by molar-refractivity contribution is 0.104. The standard InChI is InChI=1S/C23H29ClN6O2S/c24-16-9-25-20(26-10-16)18-14-8-15(18)12-30(11-14)22-27-17-4-1-2-7-33(32)19(17)21(28-22)29-23(13-31)5-3-6-23/h9-10,14-15,18,31H,1-8,11-13H2,(H,27,28,29)/t14?,15?,18?,33-/m1/s1. The van der Waals surface area contributed by atoms with Gasteiger partial charge < -0.3 is 15.3 Å². The van der Waals surface area contributed by atoms with Gasteiger partial charge in [-0.3, -0.25) is 4.21 Å². The Kier molecular flexibility index (Phi) is 5.54. The van der Waals surface area contributed by atoms with Gasteiger partial charge in [-0.15, -0.1) is 0 Å². The molecule has 33 heavy (non-hydrogen) atoms. The van der Waals surface area contributed by atoms with Crippen molar-refractivity contribution >= 4 is 34.2 Å². The molecular weight excluding hydrogens is 460 g/mol. The molecule has 2 N–H and O–H groups in total. The molecule has 0 amide bonds. The summed E-state index contributed by atoms with van der Waals surface area (Å²) in [5.41, 5.74) is 0.555. The van der Waals surface area contributed by atoms with Crippen molar-refractivity contribution in [2.24, 2.45) is 11.8 Å². The number of aryl methyl sites for hydroxylation is 1. The molecule has 0 radical (unpaired) electrons. The molecule has 2 aliphatic carbocycles. The zero-order chi connectivity index (χ0) is 22.6. The molecule has 2 aromatic rings. The van der Waals surface area contributed by atoms with Crippen LogP contribution in [0, 0.1) is 11.8 Å². The largest absolute Gasteiger partial charge is 0.394 e. The smallest absolute Gasteiger partial charge is 0.227 e. The fourth-order valence-electron chi connectivity index (χ4n) is 5.89. The second-order valence-corrected chi connectivity index (χ2v) is 12.0. The highest BCUT2D eigenvalue weighted by Gasteiger charge is 2.49. The Morgan fingerprint density at radius 2 is 1.91 bits per heavy atom. The Bertz CT molecular complexity index is 1060. The maximum Gasteiger partial charge on any atom is 0.227 e. The van der Waals surface area contributed by atoms with Crippen molar-refractivity contribution in [1.29, 1.82) is 0 Å². The number of rotatable bonds is 5. The van der Waals surface area contributed by atoms with E-state index in [1.54, 1.807) is 12.4 Å². The number of fused-ring (bicyclic) bond motifs is 3. The topological polar surface area (TPSA) is 104 Å². The van der Waals surface area contributed by atoms with E-state index in [9.17, 15) is 9.32 Å². The number of halogens is 1. The van der Waals surface area contributed by atoms with Crippen molar-refractivity contribution < 1.29 is 9.32 Å². The average molecular weight is 489 g/mol. The van der Waals surface area contributed by atoms with Gasteiger partial charge in [0.05, 0.1) is 33.7 Å². The first-order chi connectivity index (χ1) is 16.0. The van der Waals surface area contributed by atoms with E-state index in [2.05, 4.69) is 20.2 Å². The van der Waals surface area contributed by atoms with E-state index >= 15 is 0 Å². The molecule has 3 aliphatic heterocycles. The summed E-state index contributed by atoms with van der Waals surface area (Å²) in [6, 6.07) is 0. The van der Waals surface area contributed by atoms with Gasteiger partial charge in [-0.1, -0.05) is 11.6 Å². The third kappa shape index (κ3) is 3.82. The van der Waals surface area contributed by atoms with Crippen molar-refractivity contribution in [3.8, 4) is 0 Å². The lowest BCUT2D eigenvalue weighted by Gasteiger charge is -2.52. The lowest BCUT2D eigenvalue weighted by atomic mass is 9.61. The minimum absolute atomic E-state index is 0.0599. The number of hydrogen-bond acceptors (Lipinski definition) is 8. The van der Waals surface area contributed by atoms with Crippen molar-refractivity contribution in [2.75, 3.05) is 35.7 Å². The van der Waals surface area contributed by atoms with Gasteiger partial charge in [-0.25, -0.2) is 15.0 Å². The summed E-state index contributed by atoms with van der Waals surface area (Å²) in [5, 5.41) is 14.1. The first-order valence-corrected chi connectivity index (χ1v) is 13.7. The van der Waals surface area contributed by atoms with Gasteiger partial charge >= 0.3 is 0 Å². The van der Waals surface area contributed by atoms with Crippen LogP contribution < -0.4 is 10.2 Å². The molecule has 4 fully saturated rings. The molecule has 5 aliphatic rings. The number of hydrogen-bond donors (Lipinski definition) is 2. The van der Waals surface area contributed by atoms with Gasteiger partial charge in [-0.05, 0) is 56.8 Å². The van der Waals surface area contributed by atoms with Crippen LogP contribution in [0.4, 0.5) is 11.8 Å². The molecule has 3 atom stereocenters. The summed E-state index contributed by atoms with van der Waals surface area (Å²) < 4.78 is 13.1. The Morgan fingerprint density at radius 3 is 2.58 bits per heavy atom. The zero-order valence-electron chi connectivity index (χ0n) is 18.5. The van der Waals surface area contributed by atoms with Gasteiger partial charge in [0, 0.05) is 37.2 Å². The first kappa shape index (κ1) is 21.7. The van der Waals surface area contributed by atoms with Crippen molar-refractivity contribution in [3.05, 3.63) is 28.9 Å². The molecule has 2 saturated heterocycles. The predicted octanol–water partition coefficient (Wildman–Crippen LogP) is 2.93. The van der Waals surface area contributed by atoms with Gasteiger partial charge in [0.15, 0.2) is 0 Å². The number of aromatic nitrogens is 4. The van der Waals surface area contributed by atoms with E-state index in [-0.39, 0.29) is 12.1 Å². The summed E-state index contributed by atoms with van der Waals surface area (Å²) in [4.78, 5) is 21.9. The highest BCUT2D eigenvalue weighted by Crippen LogP contribution is 2.51. The fourth-order valence-corrected chi connectivity index (χ4v) is 7.38. The highest BCUT2D eigenvalue weighted by molar-refractivity contribution is 7.85. The van der Waals surface area contributed by atoms with Gasteiger partial charge in [0.25, 0.3) is 0 Å². The molecule has 8 nitrogen and oxygen atoms in total. The van der Waals surface area contributed by atoms with Gasteiger partial charge in [-0.2, -0.15) is 4.98 Å². The second-order valence-electron chi connectivity index (χ2n) is 10.0. The molecule has 2 unspecified atom stereocenters. The minimum atomic E-state index is -1.12. The van der Waals surface area contributed by atoms with Crippen molar-refractivity contribution in [1.82, 2.24) is 19.9 Å². The molecule has 2 saturated carbocycles. The average Bonchev–Trinajstić information content (AvgIpc) is 2.99. The highest BCUT2D eigenvalue weighted by atomic mass is 35.5. The molecule has 2 aromatic heterocycles. The van der Waals surface area contributed by atoms with Crippen molar-refractivity contribution in [2.45, 2.75) is 61.3 Å². The van der Waals surface area contributed by atoms with E-state index in [1.807, 2.05) is 0 Å². The molecule has 0 aromatic carbocycles. The maximum absolute atomic E-state index is 13.1. The summed E-state index contributed by atoms with van der Waals surface area (Å²) in [6.45, 7) is 1.78. The second kappa shape index (κ2) is 8.43. The Morgan fingerprint density at radius 1 is 1.15 bits per heavy atom. The normalized spacial score (nSPS) is 29.9. The van der Waals surface area contributed by atoms with Crippen LogP contribution in [0.5, 0.6) is 0 Å². The number of nitrogens with one attached hydrogen (secondary N) is 1. The minimum Gasteiger partial charge on any atom is -0.394 e. The first-order valence-electron chi connectivity index (χ1n) is 12.0. The summed E-state index contributed by atoms with van der Waals surface area (Å²) >= 11 is 5.97. The maximum atomic E-state index is 13.1. The number of aliphatic hydroxyl groups is 1. The number of anilines is 2. The van der Waals surface area contributed by atoms with Crippen LogP contribution in [-0.2, 0) is 17.2 Å². The van der Waals surface area contributed by atoms with E-state index < -0.39 is 10.8 Å². The Hall–Kier alpha value is -1.84. The molecule has 7 rings (SSSR count). The third-order valence-electron chi connectivity index (χ3n) is 7.89. The van der Waals surface area contributed by atoms with E-state index in [0.717, 1.165) is 68.0 Å². The fraction of sp³-hybridized carbons (Fsp3) is 0.652. The Labute approximate surface area is 201 Å². The van der Waals surface area contributed by atoms with Crippen LogP contribution in [0.25, 0.3) is 0 Å². The van der Waals surface area contributed by atoms with E-state index in [1.165, 1.54) is 6.42 Å². The van der Waals surface area contributed by atoms with Crippen LogP contribution in [0.15, 0.2) is 17.3 Å². The van der Waals surface area contributed by atoms with Crippen LogP contribution in [0.3, 0.4) is 0 Å². The van der Waals surface area contributed by atoms with Gasteiger partial charge in [0.2, 0.25) is 5.95 Å². The SMILES string of the molecule is O=[S@@]1CCCCc2nc(N3CC4CC(C3)C4c3ncc(Cl)cn3)nc(NC3(CO)CCC3)c21. The summed E-state index contributed by atoms with van der Waals surface area (Å²) in [7, 11) is -1.12. The van der Waals surface area contributed by atoms with Gasteiger partial charge in [0.1, 0.15) is 16.5 Å². The molecule has 5 heterocycles. The van der Waals surface area contributed by atoms with Crippen LogP contribution >= 0.6 is 11.6 Å². The van der Waals surface area contributed by atoms with Crippen LogP contribution in [0.1, 0.15) is 56.0 Å². The van der Waals surface area contributed by atoms with E-state index in [4.69, 9.17) is 21.6 Å². The monoisotopic (exact) mass is 488 g/mol. The Balaban J connectivity index is 1.30. The third-order valence-corrected chi connectivity index (χ3v) is 9.63. The van der Waals surface area contributed by atoms with Crippen molar-refractivity contribution in [3.63, 3.8) is 0 Å². The predicted molar refractivity (Wildman–Crippen MR) is 127 cm³/mol. The molecular formula is C23H29ClN6O2S. The number of aliphatic hydroxyl groups excluding tert-OH is 1. The lowest BCUT2D eigenvalue weighted by Crippen LogP contribution is -2.55. The molecule has 0 spiro atoms. The molecule has 10 heteroatoms. The quantitative estimate of drug-likeness (QED) is 0.662. The number of piperidine rings is 2. The molecule has 2 bridgehead atoms. The molecule has 176 valence electrons. The zero-order valence-corrected chi connectivity index (χ0v) is 20.1. The summed E-state index contributed by atoms with van der Waals surface area (Å²) in [6.07, 6.45) is 10.2. The van der Waals surface area contributed by atoms with Crippen LogP contribution in [0.2, 0.25) is 5.02 Å². The summed E-state index contributed by atoms with van der Waals surface area (Å²) in [5.74, 6) is 4.20.